The van der Waals surface area contributed by atoms with Crippen LogP contribution in [-0.2, 0) is 7.05 Å². The second kappa shape index (κ2) is 7.53. The number of aryl methyl sites for hydroxylation is 1. The fourth-order valence-electron chi connectivity index (χ4n) is 2.37. The first kappa shape index (κ1) is 17.9. The molecule has 0 spiro atoms. The maximum atomic E-state index is 13.6. The topological polar surface area (TPSA) is 105 Å². The summed E-state index contributed by atoms with van der Waals surface area (Å²) in [6.45, 7) is 0. The molecule has 0 saturated carbocycles. The largest absolute Gasteiger partial charge is 0.479 e. The third kappa shape index (κ3) is 3.85. The maximum absolute atomic E-state index is 13.6. The monoisotopic (exact) mass is 366 g/mol. The molecule has 2 heterocycles. The Bertz CT molecular complexity index is 1020. The van der Waals surface area contributed by atoms with E-state index in [1.807, 2.05) is 6.07 Å². The van der Waals surface area contributed by atoms with Crippen LogP contribution < -0.4 is 15.6 Å². The van der Waals surface area contributed by atoms with Gasteiger partial charge >= 0.3 is 0 Å². The summed E-state index contributed by atoms with van der Waals surface area (Å²) in [7, 11) is 2.95. The van der Waals surface area contributed by atoms with Gasteiger partial charge in [-0.2, -0.15) is 10.4 Å². The lowest BCUT2D eigenvalue weighted by molar-refractivity contribution is 0.0953. The number of benzene rings is 1. The van der Waals surface area contributed by atoms with Gasteiger partial charge in [0, 0.05) is 18.7 Å². The number of pyridine rings is 1. The van der Waals surface area contributed by atoms with Crippen LogP contribution in [0.4, 0.5) is 10.1 Å². The smallest absolute Gasteiger partial charge is 0.287 e. The quantitative estimate of drug-likeness (QED) is 0.671. The molecule has 2 aromatic heterocycles. The van der Waals surface area contributed by atoms with Crippen molar-refractivity contribution in [2.24, 2.45) is 7.05 Å². The highest BCUT2D eigenvalue weighted by atomic mass is 19.1. The van der Waals surface area contributed by atoms with Gasteiger partial charge in [0.2, 0.25) is 5.88 Å². The number of amides is 1. The number of hydrogen-bond donors (Lipinski definition) is 2. The Kier molecular flexibility index (Phi) is 4.99. The Morgan fingerprint density at radius 2 is 2.04 bits per heavy atom. The van der Waals surface area contributed by atoms with Gasteiger partial charge in [0.05, 0.1) is 36.3 Å². The number of methoxy groups -OCH3 is 1. The molecule has 0 aliphatic carbocycles. The number of anilines is 1. The van der Waals surface area contributed by atoms with Crippen molar-refractivity contribution in [2.75, 3.05) is 12.5 Å². The molecule has 0 saturated heterocycles. The zero-order valence-electron chi connectivity index (χ0n) is 14.5. The van der Waals surface area contributed by atoms with Gasteiger partial charge in [0.1, 0.15) is 5.69 Å². The zero-order chi connectivity index (χ0) is 19.4. The van der Waals surface area contributed by atoms with Gasteiger partial charge in [-0.1, -0.05) is 12.1 Å². The van der Waals surface area contributed by atoms with Crippen LogP contribution >= 0.6 is 0 Å². The highest BCUT2D eigenvalue weighted by molar-refractivity contribution is 5.94. The standard InChI is InChI=1S/C18H15FN6O2/c1-25-16(8-15(24-25)12-5-3-11(9-20)4-6-12)17(26)23-22-13-7-14(19)18(27-2)21-10-13/h3-8,10,22H,1-2H3,(H,23,26). The van der Waals surface area contributed by atoms with Crippen LogP contribution in [0.3, 0.4) is 0 Å². The Morgan fingerprint density at radius 1 is 1.30 bits per heavy atom. The van der Waals surface area contributed by atoms with Gasteiger partial charge in [-0.15, -0.1) is 0 Å². The molecule has 0 aliphatic heterocycles. The Balaban J connectivity index is 1.72. The summed E-state index contributed by atoms with van der Waals surface area (Å²) in [6.07, 6.45) is 1.33. The summed E-state index contributed by atoms with van der Waals surface area (Å²) in [5.41, 5.74) is 7.51. The van der Waals surface area contributed by atoms with Gasteiger partial charge in [0.25, 0.3) is 5.91 Å². The number of carbonyl (C=O) groups excluding carboxylic acids is 1. The van der Waals surface area contributed by atoms with Crippen molar-refractivity contribution in [1.82, 2.24) is 20.2 Å². The minimum Gasteiger partial charge on any atom is -0.479 e. The first-order valence-electron chi connectivity index (χ1n) is 7.82. The minimum atomic E-state index is -0.652. The summed E-state index contributed by atoms with van der Waals surface area (Å²) < 4.78 is 19.8. The SMILES string of the molecule is COc1ncc(NNC(=O)c2cc(-c3ccc(C#N)cc3)nn2C)cc1F. The second-order valence-corrected chi connectivity index (χ2v) is 5.52. The second-order valence-electron chi connectivity index (χ2n) is 5.52. The zero-order valence-corrected chi connectivity index (χ0v) is 14.5. The molecule has 9 heteroatoms. The van der Waals surface area contributed by atoms with Crippen molar-refractivity contribution in [1.29, 1.82) is 5.26 Å². The number of nitrogens with one attached hydrogen (secondary N) is 2. The van der Waals surface area contributed by atoms with Gasteiger partial charge in [-0.25, -0.2) is 9.37 Å². The number of rotatable bonds is 5. The van der Waals surface area contributed by atoms with Crippen LogP contribution in [0.15, 0.2) is 42.6 Å². The van der Waals surface area contributed by atoms with E-state index < -0.39 is 11.7 Å². The molecule has 0 radical (unpaired) electrons. The molecule has 136 valence electrons. The predicted molar refractivity (Wildman–Crippen MR) is 95.2 cm³/mol. The lowest BCUT2D eigenvalue weighted by atomic mass is 10.1. The molecule has 3 rings (SSSR count). The average molecular weight is 366 g/mol. The number of carbonyl (C=O) groups is 1. The normalized spacial score (nSPS) is 10.1. The van der Waals surface area contributed by atoms with Crippen molar-refractivity contribution in [3.63, 3.8) is 0 Å². The molecule has 0 aliphatic rings. The van der Waals surface area contributed by atoms with E-state index in [1.54, 1.807) is 37.4 Å². The van der Waals surface area contributed by atoms with Crippen molar-refractivity contribution in [2.45, 2.75) is 0 Å². The summed E-state index contributed by atoms with van der Waals surface area (Å²) in [4.78, 5) is 16.1. The van der Waals surface area contributed by atoms with E-state index in [1.165, 1.54) is 18.0 Å². The highest BCUT2D eigenvalue weighted by Crippen LogP contribution is 2.20. The number of ether oxygens (including phenoxy) is 1. The van der Waals surface area contributed by atoms with E-state index in [0.29, 0.717) is 17.0 Å². The van der Waals surface area contributed by atoms with Crippen LogP contribution in [0.5, 0.6) is 5.88 Å². The van der Waals surface area contributed by atoms with E-state index in [9.17, 15) is 9.18 Å². The van der Waals surface area contributed by atoms with Crippen LogP contribution in [0.2, 0.25) is 0 Å². The van der Waals surface area contributed by atoms with Gasteiger partial charge < -0.3 is 4.74 Å². The summed E-state index contributed by atoms with van der Waals surface area (Å²) in [5.74, 6) is -1.24. The molecule has 0 fully saturated rings. The van der Waals surface area contributed by atoms with E-state index in [4.69, 9.17) is 10.00 Å². The molecule has 1 amide bonds. The van der Waals surface area contributed by atoms with Gasteiger partial charge in [-0.3, -0.25) is 20.3 Å². The molecule has 0 atom stereocenters. The van der Waals surface area contributed by atoms with E-state index in [2.05, 4.69) is 20.9 Å². The van der Waals surface area contributed by atoms with E-state index in [-0.39, 0.29) is 11.6 Å². The summed E-state index contributed by atoms with van der Waals surface area (Å²) in [6, 6.07) is 11.7. The third-order valence-corrected chi connectivity index (χ3v) is 3.74. The fraction of sp³-hybridized carbons (Fsp3) is 0.111. The lowest BCUT2D eigenvalue weighted by Gasteiger charge is -2.09. The first-order chi connectivity index (χ1) is 13.0. The highest BCUT2D eigenvalue weighted by Gasteiger charge is 2.14. The van der Waals surface area contributed by atoms with Crippen molar-refractivity contribution < 1.29 is 13.9 Å². The molecule has 0 bridgehead atoms. The van der Waals surface area contributed by atoms with Crippen molar-refractivity contribution in [3.8, 4) is 23.2 Å². The molecule has 3 aromatic rings. The molecule has 0 unspecified atom stereocenters. The molecule has 1 aromatic carbocycles. The van der Waals surface area contributed by atoms with Crippen LogP contribution in [0.25, 0.3) is 11.3 Å². The Labute approximate surface area is 154 Å². The Morgan fingerprint density at radius 3 is 2.67 bits per heavy atom. The molecular weight excluding hydrogens is 351 g/mol. The van der Waals surface area contributed by atoms with Crippen molar-refractivity contribution >= 4 is 11.6 Å². The van der Waals surface area contributed by atoms with Crippen LogP contribution in [0.1, 0.15) is 16.1 Å². The predicted octanol–water partition coefficient (Wildman–Crippen LogP) is 2.26. The molecular formula is C18H15FN6O2. The lowest BCUT2D eigenvalue weighted by Crippen LogP contribution is -2.31. The number of hydrogen-bond acceptors (Lipinski definition) is 6. The average Bonchev–Trinajstić information content (AvgIpc) is 3.08. The number of aromatic nitrogens is 3. The van der Waals surface area contributed by atoms with Crippen LogP contribution in [0, 0.1) is 17.1 Å². The first-order valence-corrected chi connectivity index (χ1v) is 7.82. The number of halogens is 1. The third-order valence-electron chi connectivity index (χ3n) is 3.74. The van der Waals surface area contributed by atoms with E-state index >= 15 is 0 Å². The van der Waals surface area contributed by atoms with Crippen LogP contribution in [-0.4, -0.2) is 27.8 Å². The van der Waals surface area contributed by atoms with Gasteiger partial charge in [-0.05, 0) is 18.2 Å². The minimum absolute atomic E-state index is 0.134. The van der Waals surface area contributed by atoms with Crippen molar-refractivity contribution in [3.05, 3.63) is 59.7 Å². The summed E-state index contributed by atoms with van der Waals surface area (Å²) in [5, 5.41) is 13.2. The molecule has 27 heavy (non-hydrogen) atoms. The molecule has 2 N–H and O–H groups in total. The number of hydrazine groups is 1. The number of nitrogens with zero attached hydrogens (tertiary/aromatic N) is 4. The van der Waals surface area contributed by atoms with Gasteiger partial charge in [0.15, 0.2) is 5.82 Å². The Hall–Kier alpha value is -3.93. The summed E-state index contributed by atoms with van der Waals surface area (Å²) >= 11 is 0. The fourth-order valence-corrected chi connectivity index (χ4v) is 2.37. The molecule has 8 nitrogen and oxygen atoms in total. The van der Waals surface area contributed by atoms with E-state index in [0.717, 1.165) is 11.6 Å². The number of nitriles is 1. The maximum Gasteiger partial charge on any atom is 0.287 e.